The van der Waals surface area contributed by atoms with Gasteiger partial charge in [0.15, 0.2) is 29.6 Å². The fourth-order valence-corrected chi connectivity index (χ4v) is 1.92. The Kier molecular flexibility index (Phi) is 4.82. The normalized spacial score (nSPS) is 11.3. The molecular weight excluding hydrogens is 359 g/mol. The van der Waals surface area contributed by atoms with E-state index < -0.39 is 52.0 Å². The van der Waals surface area contributed by atoms with Gasteiger partial charge < -0.3 is 5.32 Å². The lowest BCUT2D eigenvalue weighted by Gasteiger charge is -2.11. The van der Waals surface area contributed by atoms with Gasteiger partial charge in [0.1, 0.15) is 0 Å². The molecule has 0 heterocycles. The van der Waals surface area contributed by atoms with Crippen LogP contribution in [0, 0.1) is 23.3 Å². The van der Waals surface area contributed by atoms with E-state index >= 15 is 0 Å². The quantitative estimate of drug-likeness (QED) is 0.381. The SMILES string of the molecule is O=Cc1c(F)c(F)c(F)c(F)c1C(=O)Nc1ccc(C(F)(F)F)cc1. The zero-order valence-electron chi connectivity index (χ0n) is 11.8. The molecule has 25 heavy (non-hydrogen) atoms. The van der Waals surface area contributed by atoms with Crippen LogP contribution in [0.3, 0.4) is 0 Å². The molecular formula is C15H6F7NO2. The van der Waals surface area contributed by atoms with Gasteiger partial charge in [0.25, 0.3) is 5.91 Å². The van der Waals surface area contributed by atoms with Crippen LogP contribution in [0.15, 0.2) is 24.3 Å². The lowest BCUT2D eigenvalue weighted by atomic mass is 10.0. The summed E-state index contributed by atoms with van der Waals surface area (Å²) in [5.74, 6) is -10.3. The first-order valence-electron chi connectivity index (χ1n) is 6.37. The molecule has 0 aliphatic heterocycles. The highest BCUT2D eigenvalue weighted by Crippen LogP contribution is 2.30. The van der Waals surface area contributed by atoms with E-state index in [-0.39, 0.29) is 12.0 Å². The van der Waals surface area contributed by atoms with Crippen LogP contribution in [0.25, 0.3) is 0 Å². The summed E-state index contributed by atoms with van der Waals surface area (Å²) in [6.07, 6.45) is -5.02. The number of hydrogen-bond donors (Lipinski definition) is 1. The maximum absolute atomic E-state index is 13.7. The molecule has 2 aromatic rings. The van der Waals surface area contributed by atoms with Gasteiger partial charge in [-0.15, -0.1) is 0 Å². The zero-order chi connectivity index (χ0) is 18.9. The van der Waals surface area contributed by atoms with Crippen LogP contribution in [0.1, 0.15) is 26.3 Å². The molecule has 0 fully saturated rings. The minimum atomic E-state index is -4.64. The number of carbonyl (C=O) groups is 2. The highest BCUT2D eigenvalue weighted by atomic mass is 19.4. The molecule has 0 radical (unpaired) electrons. The summed E-state index contributed by atoms with van der Waals surface area (Å²) in [6, 6.07) is 2.79. The highest BCUT2D eigenvalue weighted by molar-refractivity contribution is 6.09. The summed E-state index contributed by atoms with van der Waals surface area (Å²) < 4.78 is 90.8. The Morgan fingerprint density at radius 1 is 0.880 bits per heavy atom. The lowest BCUT2D eigenvalue weighted by Crippen LogP contribution is -2.20. The molecule has 1 amide bonds. The van der Waals surface area contributed by atoms with E-state index in [4.69, 9.17) is 0 Å². The topological polar surface area (TPSA) is 46.2 Å². The van der Waals surface area contributed by atoms with E-state index in [9.17, 15) is 40.3 Å². The van der Waals surface area contributed by atoms with Crippen molar-refractivity contribution in [1.29, 1.82) is 0 Å². The van der Waals surface area contributed by atoms with Gasteiger partial charge in [-0.3, -0.25) is 9.59 Å². The van der Waals surface area contributed by atoms with Crippen LogP contribution in [-0.4, -0.2) is 12.2 Å². The standard InChI is InChI=1S/C15H6F7NO2/c16-10-8(5-24)9(11(17)13(19)12(10)18)14(25)23-7-3-1-6(2-4-7)15(20,21)22/h1-5H,(H,23,25). The summed E-state index contributed by atoms with van der Waals surface area (Å²) in [7, 11) is 0. The van der Waals surface area contributed by atoms with E-state index in [1.54, 1.807) is 0 Å². The van der Waals surface area contributed by atoms with Gasteiger partial charge in [-0.2, -0.15) is 13.2 Å². The van der Waals surface area contributed by atoms with Crippen molar-refractivity contribution in [3.05, 3.63) is 64.2 Å². The first kappa shape index (κ1) is 18.4. The smallest absolute Gasteiger partial charge is 0.322 e. The second-order valence-corrected chi connectivity index (χ2v) is 4.69. The number of rotatable bonds is 3. The van der Waals surface area contributed by atoms with Crippen LogP contribution in [-0.2, 0) is 6.18 Å². The number of hydrogen-bond acceptors (Lipinski definition) is 2. The average Bonchev–Trinajstić information content (AvgIpc) is 2.55. The van der Waals surface area contributed by atoms with E-state index in [0.29, 0.717) is 12.1 Å². The molecule has 0 saturated heterocycles. The number of anilines is 1. The molecule has 1 N–H and O–H groups in total. The molecule has 2 aromatic carbocycles. The molecule has 0 saturated carbocycles. The van der Waals surface area contributed by atoms with Crippen molar-refractivity contribution in [3.63, 3.8) is 0 Å². The second-order valence-electron chi connectivity index (χ2n) is 4.69. The van der Waals surface area contributed by atoms with Gasteiger partial charge in [0.05, 0.1) is 16.7 Å². The molecule has 0 aliphatic rings. The van der Waals surface area contributed by atoms with Crippen LogP contribution in [0.4, 0.5) is 36.4 Å². The third-order valence-electron chi connectivity index (χ3n) is 3.12. The molecule has 0 bridgehead atoms. The van der Waals surface area contributed by atoms with Crippen LogP contribution in [0.2, 0.25) is 0 Å². The van der Waals surface area contributed by atoms with Crippen molar-refractivity contribution in [3.8, 4) is 0 Å². The van der Waals surface area contributed by atoms with Crippen molar-refractivity contribution in [2.45, 2.75) is 6.18 Å². The predicted octanol–water partition coefficient (Wildman–Crippen LogP) is 4.33. The van der Waals surface area contributed by atoms with E-state index in [0.717, 1.165) is 12.1 Å². The second kappa shape index (κ2) is 6.54. The molecule has 0 unspecified atom stereocenters. The number of benzene rings is 2. The fraction of sp³-hybridized carbons (Fsp3) is 0.0667. The van der Waals surface area contributed by atoms with Gasteiger partial charge in [-0.05, 0) is 24.3 Å². The Labute approximate surface area is 135 Å². The molecule has 3 nitrogen and oxygen atoms in total. The Morgan fingerprint density at radius 2 is 1.40 bits per heavy atom. The third-order valence-corrected chi connectivity index (χ3v) is 3.12. The molecule has 0 spiro atoms. The third kappa shape index (κ3) is 3.47. The number of amides is 1. The maximum atomic E-state index is 13.7. The summed E-state index contributed by atoms with van der Waals surface area (Å²) in [5, 5.41) is 1.87. The summed E-state index contributed by atoms with van der Waals surface area (Å²) in [6.45, 7) is 0. The summed E-state index contributed by atoms with van der Waals surface area (Å²) >= 11 is 0. The molecule has 2 rings (SSSR count). The largest absolute Gasteiger partial charge is 0.416 e. The first-order valence-corrected chi connectivity index (χ1v) is 6.37. The number of aldehydes is 1. The van der Waals surface area contributed by atoms with Crippen LogP contribution in [0.5, 0.6) is 0 Å². The van der Waals surface area contributed by atoms with Crippen molar-refractivity contribution in [2.24, 2.45) is 0 Å². The number of carbonyl (C=O) groups excluding carboxylic acids is 2. The van der Waals surface area contributed by atoms with Crippen molar-refractivity contribution in [1.82, 2.24) is 0 Å². The number of halogens is 7. The summed E-state index contributed by atoms with van der Waals surface area (Å²) in [4.78, 5) is 22.7. The fourth-order valence-electron chi connectivity index (χ4n) is 1.92. The monoisotopic (exact) mass is 365 g/mol. The van der Waals surface area contributed by atoms with E-state index in [2.05, 4.69) is 0 Å². The van der Waals surface area contributed by atoms with Crippen molar-refractivity contribution < 1.29 is 40.3 Å². The van der Waals surface area contributed by atoms with Gasteiger partial charge in [0, 0.05) is 5.69 Å². The average molecular weight is 365 g/mol. The molecule has 0 aromatic heterocycles. The minimum Gasteiger partial charge on any atom is -0.322 e. The Morgan fingerprint density at radius 3 is 1.88 bits per heavy atom. The van der Waals surface area contributed by atoms with Crippen molar-refractivity contribution >= 4 is 17.9 Å². The van der Waals surface area contributed by atoms with Crippen molar-refractivity contribution in [2.75, 3.05) is 5.32 Å². The predicted molar refractivity (Wildman–Crippen MR) is 71.1 cm³/mol. The Hall–Kier alpha value is -2.91. The van der Waals surface area contributed by atoms with Gasteiger partial charge in [-0.25, -0.2) is 17.6 Å². The molecule has 132 valence electrons. The number of nitrogens with one attached hydrogen (secondary N) is 1. The number of alkyl halides is 3. The first-order chi connectivity index (χ1) is 11.6. The van der Waals surface area contributed by atoms with Gasteiger partial charge in [-0.1, -0.05) is 0 Å². The molecule has 0 aliphatic carbocycles. The maximum Gasteiger partial charge on any atom is 0.416 e. The zero-order valence-corrected chi connectivity index (χ0v) is 11.8. The lowest BCUT2D eigenvalue weighted by molar-refractivity contribution is -0.137. The van der Waals surface area contributed by atoms with E-state index in [1.807, 2.05) is 5.32 Å². The Balaban J connectivity index is 2.41. The van der Waals surface area contributed by atoms with Gasteiger partial charge >= 0.3 is 6.18 Å². The van der Waals surface area contributed by atoms with Gasteiger partial charge in [0.2, 0.25) is 0 Å². The van der Waals surface area contributed by atoms with E-state index in [1.165, 1.54) is 0 Å². The van der Waals surface area contributed by atoms with Crippen LogP contribution < -0.4 is 5.32 Å². The highest BCUT2D eigenvalue weighted by Gasteiger charge is 2.31. The summed E-state index contributed by atoms with van der Waals surface area (Å²) in [5.41, 5.74) is -4.09. The molecule has 10 heteroatoms. The van der Waals surface area contributed by atoms with Crippen LogP contribution >= 0.6 is 0 Å². The molecule has 0 atom stereocenters. The minimum absolute atomic E-state index is 0.278. The Bertz CT molecular complexity index is 845.